The van der Waals surface area contributed by atoms with Gasteiger partial charge in [0.15, 0.2) is 0 Å². The number of aliphatic hydroxyl groups is 1. The summed E-state index contributed by atoms with van der Waals surface area (Å²) in [6, 6.07) is 0.215. The first kappa shape index (κ1) is 10.9. The number of hydrogen-bond donors (Lipinski definition) is 1. The first-order valence-corrected chi connectivity index (χ1v) is 3.95. The fraction of sp³-hybridized carbons (Fsp3) is 1.00. The van der Waals surface area contributed by atoms with Gasteiger partial charge < -0.3 is 9.84 Å². The van der Waals surface area contributed by atoms with Crippen LogP contribution in [0.2, 0.25) is 0 Å². The van der Waals surface area contributed by atoms with Crippen molar-refractivity contribution < 1.29 is 9.84 Å². The fourth-order valence-electron chi connectivity index (χ4n) is 0.799. The molecular formula is C8H19NO2. The lowest BCUT2D eigenvalue weighted by molar-refractivity contribution is 0.0616. The largest absolute Gasteiger partial charge is 0.395 e. The molecule has 0 rings (SSSR count). The Morgan fingerprint density at radius 3 is 2.36 bits per heavy atom. The molecule has 0 aliphatic carbocycles. The van der Waals surface area contributed by atoms with E-state index >= 15 is 0 Å². The molecule has 3 heteroatoms. The number of hydrogen-bond acceptors (Lipinski definition) is 3. The lowest BCUT2D eigenvalue weighted by Crippen LogP contribution is -2.37. The first-order valence-electron chi connectivity index (χ1n) is 3.95. The minimum atomic E-state index is 0.201. The van der Waals surface area contributed by atoms with Gasteiger partial charge >= 0.3 is 0 Å². The van der Waals surface area contributed by atoms with Crippen LogP contribution in [-0.4, -0.2) is 49.5 Å². The van der Waals surface area contributed by atoms with E-state index in [9.17, 15) is 0 Å². The van der Waals surface area contributed by atoms with Gasteiger partial charge in [-0.25, -0.2) is 0 Å². The molecule has 0 radical (unpaired) electrons. The van der Waals surface area contributed by atoms with Gasteiger partial charge in [0.25, 0.3) is 0 Å². The van der Waals surface area contributed by atoms with Gasteiger partial charge in [0.05, 0.1) is 12.7 Å². The van der Waals surface area contributed by atoms with Crippen LogP contribution in [0.15, 0.2) is 0 Å². The maximum atomic E-state index is 8.81. The Bertz CT molecular complexity index is 98.1. The predicted octanol–water partition coefficient (Wildman–Crippen LogP) is 0.334. The molecule has 0 aromatic carbocycles. The standard InChI is InChI=1S/C8H19NO2/c1-7(6-10)9(3)5-8(2)11-4/h7-8,10H,5-6H2,1-4H3. The number of ether oxygens (including phenoxy) is 1. The van der Waals surface area contributed by atoms with E-state index in [0.717, 1.165) is 6.54 Å². The Hall–Kier alpha value is -0.120. The van der Waals surface area contributed by atoms with Gasteiger partial charge in [-0.15, -0.1) is 0 Å². The summed E-state index contributed by atoms with van der Waals surface area (Å²) in [6.07, 6.45) is 0.231. The van der Waals surface area contributed by atoms with Gasteiger partial charge in [0.2, 0.25) is 0 Å². The minimum Gasteiger partial charge on any atom is -0.395 e. The highest BCUT2D eigenvalue weighted by Gasteiger charge is 2.10. The lowest BCUT2D eigenvalue weighted by Gasteiger charge is -2.25. The van der Waals surface area contributed by atoms with E-state index in [1.807, 2.05) is 20.9 Å². The van der Waals surface area contributed by atoms with Crippen LogP contribution in [0.5, 0.6) is 0 Å². The molecule has 0 fully saturated rings. The Labute approximate surface area is 69.0 Å². The van der Waals surface area contributed by atoms with Crippen molar-refractivity contribution in [1.82, 2.24) is 4.90 Å². The average Bonchev–Trinajstić information content (AvgIpc) is 2.02. The zero-order chi connectivity index (χ0) is 8.85. The van der Waals surface area contributed by atoms with E-state index in [1.54, 1.807) is 7.11 Å². The third-order valence-corrected chi connectivity index (χ3v) is 1.96. The van der Waals surface area contributed by atoms with Crippen molar-refractivity contribution in [2.75, 3.05) is 27.3 Å². The van der Waals surface area contributed by atoms with Crippen molar-refractivity contribution in [2.45, 2.75) is 26.0 Å². The molecule has 68 valence electrons. The molecule has 0 aliphatic rings. The van der Waals surface area contributed by atoms with Crippen LogP contribution in [0.4, 0.5) is 0 Å². The van der Waals surface area contributed by atoms with Crippen LogP contribution < -0.4 is 0 Å². The van der Waals surface area contributed by atoms with E-state index < -0.39 is 0 Å². The number of methoxy groups -OCH3 is 1. The van der Waals surface area contributed by atoms with E-state index in [4.69, 9.17) is 9.84 Å². The average molecular weight is 161 g/mol. The van der Waals surface area contributed by atoms with Crippen molar-refractivity contribution in [3.63, 3.8) is 0 Å². The lowest BCUT2D eigenvalue weighted by atomic mass is 10.3. The Kier molecular flexibility index (Phi) is 5.46. The van der Waals surface area contributed by atoms with Crippen molar-refractivity contribution in [1.29, 1.82) is 0 Å². The molecule has 0 saturated carbocycles. The van der Waals surface area contributed by atoms with E-state index in [1.165, 1.54) is 0 Å². The summed E-state index contributed by atoms with van der Waals surface area (Å²) in [5.41, 5.74) is 0. The van der Waals surface area contributed by atoms with Gasteiger partial charge in [-0.1, -0.05) is 0 Å². The summed E-state index contributed by atoms with van der Waals surface area (Å²) in [4.78, 5) is 2.08. The Morgan fingerprint density at radius 1 is 1.45 bits per heavy atom. The molecule has 0 bridgehead atoms. The van der Waals surface area contributed by atoms with Crippen LogP contribution in [0, 0.1) is 0 Å². The maximum absolute atomic E-state index is 8.81. The second kappa shape index (κ2) is 5.52. The number of nitrogens with zero attached hydrogens (tertiary/aromatic N) is 1. The molecule has 2 unspecified atom stereocenters. The first-order chi connectivity index (χ1) is 5.11. The molecule has 3 nitrogen and oxygen atoms in total. The van der Waals surface area contributed by atoms with E-state index in [-0.39, 0.29) is 18.8 Å². The maximum Gasteiger partial charge on any atom is 0.0670 e. The van der Waals surface area contributed by atoms with Gasteiger partial charge in [0.1, 0.15) is 0 Å². The summed E-state index contributed by atoms with van der Waals surface area (Å²) in [6.45, 7) is 5.06. The topological polar surface area (TPSA) is 32.7 Å². The van der Waals surface area contributed by atoms with Crippen molar-refractivity contribution >= 4 is 0 Å². The van der Waals surface area contributed by atoms with E-state index in [0.29, 0.717) is 0 Å². The van der Waals surface area contributed by atoms with Crippen LogP contribution in [0.3, 0.4) is 0 Å². The highest BCUT2D eigenvalue weighted by molar-refractivity contribution is 4.64. The highest BCUT2D eigenvalue weighted by atomic mass is 16.5. The zero-order valence-electron chi connectivity index (χ0n) is 7.87. The molecule has 0 aromatic heterocycles. The molecular weight excluding hydrogens is 142 g/mol. The fourth-order valence-corrected chi connectivity index (χ4v) is 0.799. The molecule has 0 amide bonds. The number of rotatable bonds is 5. The summed E-state index contributed by atoms with van der Waals surface area (Å²) >= 11 is 0. The molecule has 1 N–H and O–H groups in total. The normalized spacial score (nSPS) is 16.9. The minimum absolute atomic E-state index is 0.201. The van der Waals surface area contributed by atoms with Crippen LogP contribution >= 0.6 is 0 Å². The molecule has 0 aliphatic heterocycles. The number of likely N-dealkylation sites (N-methyl/N-ethyl adjacent to an activating group) is 1. The summed E-state index contributed by atoms with van der Waals surface area (Å²) in [5, 5.41) is 8.81. The summed E-state index contributed by atoms with van der Waals surface area (Å²) in [5.74, 6) is 0. The van der Waals surface area contributed by atoms with Gasteiger partial charge in [0, 0.05) is 19.7 Å². The Morgan fingerprint density at radius 2 is 2.00 bits per heavy atom. The van der Waals surface area contributed by atoms with Crippen LogP contribution in [0.25, 0.3) is 0 Å². The second-order valence-corrected chi connectivity index (χ2v) is 3.02. The molecule has 11 heavy (non-hydrogen) atoms. The van der Waals surface area contributed by atoms with Gasteiger partial charge in [-0.2, -0.15) is 0 Å². The molecule has 0 heterocycles. The summed E-state index contributed by atoms with van der Waals surface area (Å²) < 4.78 is 5.09. The molecule has 2 atom stereocenters. The predicted molar refractivity (Wildman–Crippen MR) is 45.6 cm³/mol. The van der Waals surface area contributed by atoms with Crippen molar-refractivity contribution in [2.24, 2.45) is 0 Å². The number of aliphatic hydroxyl groups excluding tert-OH is 1. The third-order valence-electron chi connectivity index (χ3n) is 1.96. The van der Waals surface area contributed by atoms with E-state index in [2.05, 4.69) is 4.90 Å². The Balaban J connectivity index is 3.58. The van der Waals surface area contributed by atoms with Crippen molar-refractivity contribution in [3.8, 4) is 0 Å². The molecule has 0 saturated heterocycles. The van der Waals surface area contributed by atoms with Crippen LogP contribution in [-0.2, 0) is 4.74 Å². The van der Waals surface area contributed by atoms with Crippen LogP contribution in [0.1, 0.15) is 13.8 Å². The third kappa shape index (κ3) is 4.35. The molecule has 0 aromatic rings. The second-order valence-electron chi connectivity index (χ2n) is 3.02. The van der Waals surface area contributed by atoms with Gasteiger partial charge in [-0.05, 0) is 20.9 Å². The van der Waals surface area contributed by atoms with Gasteiger partial charge in [-0.3, -0.25) is 4.90 Å². The SMILES string of the molecule is COC(C)CN(C)C(C)CO. The smallest absolute Gasteiger partial charge is 0.0670 e. The molecule has 0 spiro atoms. The van der Waals surface area contributed by atoms with Crippen molar-refractivity contribution in [3.05, 3.63) is 0 Å². The monoisotopic (exact) mass is 161 g/mol. The summed E-state index contributed by atoms with van der Waals surface area (Å²) in [7, 11) is 3.68. The highest BCUT2D eigenvalue weighted by Crippen LogP contribution is 1.97. The zero-order valence-corrected chi connectivity index (χ0v) is 7.87. The quantitative estimate of drug-likeness (QED) is 0.631.